The molecular formula is C15H22N2O2. The SMILES string of the molecule is C#CCC(C)N1CCC(=O)NC2(CCCCC2)C1=O. The maximum absolute atomic E-state index is 12.8. The van der Waals surface area contributed by atoms with Crippen LogP contribution in [0.2, 0.25) is 0 Å². The molecule has 2 amide bonds. The Morgan fingerprint density at radius 3 is 2.68 bits per heavy atom. The van der Waals surface area contributed by atoms with Crippen LogP contribution in [0.1, 0.15) is 51.9 Å². The summed E-state index contributed by atoms with van der Waals surface area (Å²) in [5.74, 6) is 2.67. The minimum absolute atomic E-state index is 0.00371. The molecule has 1 aliphatic heterocycles. The standard InChI is InChI=1S/C15H22N2O2/c1-3-7-12(2)17-11-8-13(18)16-15(14(17)19)9-5-4-6-10-15/h1,12H,4-11H2,2H3,(H,16,18). The van der Waals surface area contributed by atoms with Crippen molar-refractivity contribution in [3.8, 4) is 12.3 Å². The minimum atomic E-state index is -0.658. The molecule has 2 fully saturated rings. The van der Waals surface area contributed by atoms with Crippen molar-refractivity contribution in [1.29, 1.82) is 0 Å². The van der Waals surface area contributed by atoms with Crippen molar-refractivity contribution >= 4 is 11.8 Å². The van der Waals surface area contributed by atoms with E-state index in [-0.39, 0.29) is 17.9 Å². The Hall–Kier alpha value is -1.50. The van der Waals surface area contributed by atoms with Crippen LogP contribution in [0.25, 0.3) is 0 Å². The molecule has 1 unspecified atom stereocenters. The summed E-state index contributed by atoms with van der Waals surface area (Å²) >= 11 is 0. The van der Waals surface area contributed by atoms with Crippen LogP contribution < -0.4 is 5.32 Å². The van der Waals surface area contributed by atoms with Gasteiger partial charge in [-0.15, -0.1) is 12.3 Å². The topological polar surface area (TPSA) is 49.4 Å². The molecule has 1 saturated heterocycles. The van der Waals surface area contributed by atoms with Crippen molar-refractivity contribution in [2.24, 2.45) is 0 Å². The van der Waals surface area contributed by atoms with Gasteiger partial charge in [-0.1, -0.05) is 19.3 Å². The van der Waals surface area contributed by atoms with Crippen LogP contribution in [0.5, 0.6) is 0 Å². The fourth-order valence-corrected chi connectivity index (χ4v) is 3.18. The Morgan fingerprint density at radius 1 is 1.37 bits per heavy atom. The van der Waals surface area contributed by atoms with Gasteiger partial charge >= 0.3 is 0 Å². The number of terminal acetylenes is 1. The summed E-state index contributed by atoms with van der Waals surface area (Å²) in [4.78, 5) is 26.5. The van der Waals surface area contributed by atoms with E-state index in [4.69, 9.17) is 6.42 Å². The highest BCUT2D eigenvalue weighted by Crippen LogP contribution is 2.32. The van der Waals surface area contributed by atoms with E-state index >= 15 is 0 Å². The lowest BCUT2D eigenvalue weighted by molar-refractivity contribution is -0.142. The van der Waals surface area contributed by atoms with Crippen molar-refractivity contribution in [3.63, 3.8) is 0 Å². The van der Waals surface area contributed by atoms with Crippen molar-refractivity contribution in [1.82, 2.24) is 10.2 Å². The molecule has 0 radical (unpaired) electrons. The number of amides is 2. The number of rotatable bonds is 2. The highest BCUT2D eigenvalue weighted by Gasteiger charge is 2.45. The van der Waals surface area contributed by atoms with Gasteiger partial charge in [0.2, 0.25) is 11.8 Å². The number of hydrogen-bond donors (Lipinski definition) is 1. The largest absolute Gasteiger partial charge is 0.342 e. The Labute approximate surface area is 114 Å². The molecule has 0 aromatic heterocycles. The molecule has 0 aromatic carbocycles. The molecule has 2 aliphatic rings. The maximum Gasteiger partial charge on any atom is 0.248 e. The van der Waals surface area contributed by atoms with Gasteiger partial charge in [-0.2, -0.15) is 0 Å². The fraction of sp³-hybridized carbons (Fsp3) is 0.733. The summed E-state index contributed by atoms with van der Waals surface area (Å²) in [6.07, 6.45) is 10.9. The molecule has 1 atom stereocenters. The first-order valence-corrected chi connectivity index (χ1v) is 7.14. The average Bonchev–Trinajstić information content (AvgIpc) is 2.50. The van der Waals surface area contributed by atoms with Crippen molar-refractivity contribution in [2.45, 2.75) is 63.5 Å². The number of carbonyl (C=O) groups is 2. The molecule has 1 spiro atoms. The molecule has 19 heavy (non-hydrogen) atoms. The molecule has 1 N–H and O–H groups in total. The van der Waals surface area contributed by atoms with E-state index in [2.05, 4.69) is 11.2 Å². The lowest BCUT2D eigenvalue weighted by atomic mass is 9.80. The number of nitrogens with one attached hydrogen (secondary N) is 1. The van der Waals surface area contributed by atoms with Gasteiger partial charge in [-0.05, 0) is 19.8 Å². The zero-order chi connectivity index (χ0) is 13.9. The Balaban J connectivity index is 2.24. The summed E-state index contributed by atoms with van der Waals surface area (Å²) in [7, 11) is 0. The molecule has 4 nitrogen and oxygen atoms in total. The molecule has 2 rings (SSSR count). The van der Waals surface area contributed by atoms with Crippen LogP contribution in [0.4, 0.5) is 0 Å². The van der Waals surface area contributed by atoms with Crippen LogP contribution in [0, 0.1) is 12.3 Å². The van der Waals surface area contributed by atoms with Crippen molar-refractivity contribution in [2.75, 3.05) is 6.54 Å². The Morgan fingerprint density at radius 2 is 2.05 bits per heavy atom. The molecule has 1 saturated carbocycles. The van der Waals surface area contributed by atoms with E-state index in [0.717, 1.165) is 32.1 Å². The highest BCUT2D eigenvalue weighted by atomic mass is 16.2. The summed E-state index contributed by atoms with van der Waals surface area (Å²) < 4.78 is 0. The van der Waals surface area contributed by atoms with Gasteiger partial charge in [0.05, 0.1) is 0 Å². The van der Waals surface area contributed by atoms with Gasteiger partial charge in [0, 0.05) is 25.4 Å². The third kappa shape index (κ3) is 2.75. The first kappa shape index (κ1) is 13.9. The fourth-order valence-electron chi connectivity index (χ4n) is 3.18. The minimum Gasteiger partial charge on any atom is -0.342 e. The normalized spacial score (nSPS) is 24.5. The quantitative estimate of drug-likeness (QED) is 0.766. The molecule has 0 bridgehead atoms. The van der Waals surface area contributed by atoms with Gasteiger partial charge in [-0.25, -0.2) is 0 Å². The number of hydrogen-bond acceptors (Lipinski definition) is 2. The zero-order valence-corrected chi connectivity index (χ0v) is 11.6. The van der Waals surface area contributed by atoms with E-state index in [1.165, 1.54) is 0 Å². The second-order valence-electron chi connectivity index (χ2n) is 5.70. The second-order valence-corrected chi connectivity index (χ2v) is 5.70. The lowest BCUT2D eigenvalue weighted by Gasteiger charge is -2.39. The van der Waals surface area contributed by atoms with E-state index in [0.29, 0.717) is 19.4 Å². The Kier molecular flexibility index (Phi) is 4.14. The van der Waals surface area contributed by atoms with Gasteiger partial charge in [0.25, 0.3) is 0 Å². The molecular weight excluding hydrogens is 240 g/mol. The second kappa shape index (κ2) is 5.64. The first-order chi connectivity index (χ1) is 9.09. The molecule has 0 aromatic rings. The summed E-state index contributed by atoms with van der Waals surface area (Å²) in [6.45, 7) is 2.44. The molecule has 1 aliphatic carbocycles. The zero-order valence-electron chi connectivity index (χ0n) is 11.6. The molecule has 4 heteroatoms. The van der Waals surface area contributed by atoms with Gasteiger partial charge in [-0.3, -0.25) is 9.59 Å². The van der Waals surface area contributed by atoms with Crippen molar-refractivity contribution in [3.05, 3.63) is 0 Å². The monoisotopic (exact) mass is 262 g/mol. The van der Waals surface area contributed by atoms with Crippen molar-refractivity contribution < 1.29 is 9.59 Å². The predicted molar refractivity (Wildman–Crippen MR) is 73.2 cm³/mol. The van der Waals surface area contributed by atoms with Crippen LogP contribution in [0.15, 0.2) is 0 Å². The Bertz CT molecular complexity index is 405. The van der Waals surface area contributed by atoms with Crippen LogP contribution >= 0.6 is 0 Å². The van der Waals surface area contributed by atoms with Crippen LogP contribution in [-0.4, -0.2) is 34.8 Å². The van der Waals surface area contributed by atoms with Crippen LogP contribution in [-0.2, 0) is 9.59 Å². The van der Waals surface area contributed by atoms with E-state index in [1.54, 1.807) is 0 Å². The van der Waals surface area contributed by atoms with Gasteiger partial charge in [0.15, 0.2) is 0 Å². The van der Waals surface area contributed by atoms with Gasteiger partial charge in [0.1, 0.15) is 5.54 Å². The van der Waals surface area contributed by atoms with E-state index in [9.17, 15) is 9.59 Å². The van der Waals surface area contributed by atoms with Gasteiger partial charge < -0.3 is 10.2 Å². The highest BCUT2D eigenvalue weighted by molar-refractivity contribution is 5.93. The van der Waals surface area contributed by atoms with E-state index in [1.807, 2.05) is 11.8 Å². The van der Waals surface area contributed by atoms with E-state index < -0.39 is 5.54 Å². The summed E-state index contributed by atoms with van der Waals surface area (Å²) in [6, 6.07) is 0.00371. The number of carbonyl (C=O) groups excluding carboxylic acids is 2. The molecule has 104 valence electrons. The first-order valence-electron chi connectivity index (χ1n) is 7.14. The average molecular weight is 262 g/mol. The predicted octanol–water partition coefficient (Wildman–Crippen LogP) is 1.45. The third-order valence-electron chi connectivity index (χ3n) is 4.28. The maximum atomic E-state index is 12.8. The summed E-state index contributed by atoms with van der Waals surface area (Å²) in [5, 5.41) is 2.99. The smallest absolute Gasteiger partial charge is 0.248 e. The number of nitrogens with zero attached hydrogens (tertiary/aromatic N) is 1. The summed E-state index contributed by atoms with van der Waals surface area (Å²) in [5.41, 5.74) is -0.658. The third-order valence-corrected chi connectivity index (χ3v) is 4.28. The van der Waals surface area contributed by atoms with Crippen LogP contribution in [0.3, 0.4) is 0 Å². The molecule has 1 heterocycles. The lowest BCUT2D eigenvalue weighted by Crippen LogP contribution is -2.59.